The summed E-state index contributed by atoms with van der Waals surface area (Å²) < 4.78 is 9.86. The lowest BCUT2D eigenvalue weighted by Gasteiger charge is -2.17. The van der Waals surface area contributed by atoms with E-state index in [0.29, 0.717) is 22.3 Å². The average molecular weight is 255 g/mol. The zero-order valence-corrected chi connectivity index (χ0v) is 10.7. The molecular formula is C15H13NO3. The summed E-state index contributed by atoms with van der Waals surface area (Å²) in [6, 6.07) is 12.8. The number of benzene rings is 2. The molecule has 0 N–H and O–H groups in total. The molecule has 0 spiro atoms. The Kier molecular flexibility index (Phi) is 2.63. The number of hydrogen-bond acceptors (Lipinski definition) is 4. The van der Waals surface area contributed by atoms with Gasteiger partial charge in [-0.1, -0.05) is 30.3 Å². The fourth-order valence-corrected chi connectivity index (χ4v) is 2.08. The minimum absolute atomic E-state index is 0.0653. The maximum absolute atomic E-state index is 12.6. The van der Waals surface area contributed by atoms with Crippen molar-refractivity contribution in [1.82, 2.24) is 0 Å². The number of carbonyl (C=O) groups excluding carboxylic acids is 1. The van der Waals surface area contributed by atoms with Crippen LogP contribution in [-0.4, -0.2) is 19.9 Å². The SMILES string of the molecule is CN(C)c1ccc2ooc2c1C(=O)c1ccccc1. The number of anilines is 1. The summed E-state index contributed by atoms with van der Waals surface area (Å²) >= 11 is 0. The Morgan fingerprint density at radius 3 is 2.32 bits per heavy atom. The Labute approximate surface area is 110 Å². The maximum Gasteiger partial charge on any atom is 0.238 e. The third-order valence-electron chi connectivity index (χ3n) is 3.06. The van der Waals surface area contributed by atoms with Crippen LogP contribution in [0.25, 0.3) is 11.2 Å². The summed E-state index contributed by atoms with van der Waals surface area (Å²) in [4.78, 5) is 14.5. The Morgan fingerprint density at radius 1 is 1.00 bits per heavy atom. The summed E-state index contributed by atoms with van der Waals surface area (Å²) in [5.41, 5.74) is 3.11. The molecule has 0 aliphatic heterocycles. The van der Waals surface area contributed by atoms with Crippen LogP contribution in [0.5, 0.6) is 0 Å². The highest BCUT2D eigenvalue weighted by molar-refractivity contribution is 6.18. The Morgan fingerprint density at radius 2 is 1.74 bits per heavy atom. The van der Waals surface area contributed by atoms with Crippen molar-refractivity contribution < 1.29 is 13.9 Å². The number of rotatable bonds is 3. The Balaban J connectivity index is 2.19. The van der Waals surface area contributed by atoms with Crippen molar-refractivity contribution >= 4 is 22.6 Å². The molecule has 96 valence electrons. The molecule has 2 aromatic carbocycles. The zero-order chi connectivity index (χ0) is 13.4. The van der Waals surface area contributed by atoms with Crippen LogP contribution in [0, 0.1) is 0 Å². The van der Waals surface area contributed by atoms with E-state index in [1.165, 1.54) is 0 Å². The fraction of sp³-hybridized carbons (Fsp3) is 0.133. The van der Waals surface area contributed by atoms with Gasteiger partial charge in [-0.25, -0.2) is 0 Å². The molecule has 0 unspecified atom stereocenters. The van der Waals surface area contributed by atoms with Crippen LogP contribution < -0.4 is 4.90 Å². The first kappa shape index (κ1) is 11.6. The van der Waals surface area contributed by atoms with Crippen molar-refractivity contribution in [2.75, 3.05) is 19.0 Å². The van der Waals surface area contributed by atoms with Gasteiger partial charge in [0.2, 0.25) is 11.2 Å². The first-order chi connectivity index (χ1) is 9.18. The minimum Gasteiger partial charge on any atom is -0.377 e. The van der Waals surface area contributed by atoms with E-state index >= 15 is 0 Å². The molecule has 0 bridgehead atoms. The maximum atomic E-state index is 12.6. The van der Waals surface area contributed by atoms with Crippen molar-refractivity contribution in [3.05, 3.63) is 53.6 Å². The number of hydrogen-bond donors (Lipinski definition) is 0. The van der Waals surface area contributed by atoms with Crippen LogP contribution >= 0.6 is 0 Å². The standard InChI is InChI=1S/C15H13NO3/c1-16(2)11-8-9-12-15(19-18-12)13(11)14(17)10-6-4-3-5-7-10/h3-9H,1-2H3. The van der Waals surface area contributed by atoms with Crippen LogP contribution in [0.1, 0.15) is 15.9 Å². The van der Waals surface area contributed by atoms with Gasteiger partial charge in [-0.2, -0.15) is 0 Å². The van der Waals surface area contributed by atoms with E-state index in [2.05, 4.69) is 0 Å². The van der Waals surface area contributed by atoms with Crippen molar-refractivity contribution in [1.29, 1.82) is 0 Å². The monoisotopic (exact) mass is 255 g/mol. The smallest absolute Gasteiger partial charge is 0.238 e. The quantitative estimate of drug-likeness (QED) is 0.532. The normalized spacial score (nSPS) is 10.8. The molecule has 3 rings (SSSR count). The molecule has 3 aromatic rings. The zero-order valence-electron chi connectivity index (χ0n) is 10.7. The molecule has 4 nitrogen and oxygen atoms in total. The lowest BCUT2D eigenvalue weighted by atomic mass is 10.00. The predicted octanol–water partition coefficient (Wildman–Crippen LogP) is 3.32. The average Bonchev–Trinajstić information content (AvgIpc) is 2.39. The molecule has 0 amide bonds. The van der Waals surface area contributed by atoms with Crippen molar-refractivity contribution in [2.45, 2.75) is 0 Å². The molecular weight excluding hydrogens is 242 g/mol. The second kappa shape index (κ2) is 4.31. The highest BCUT2D eigenvalue weighted by Crippen LogP contribution is 2.32. The van der Waals surface area contributed by atoms with Crippen LogP contribution in [0.2, 0.25) is 0 Å². The van der Waals surface area contributed by atoms with E-state index in [1.807, 2.05) is 43.3 Å². The van der Waals surface area contributed by atoms with Gasteiger partial charge in [-0.3, -0.25) is 13.9 Å². The van der Waals surface area contributed by atoms with E-state index in [4.69, 9.17) is 9.15 Å². The summed E-state index contributed by atoms with van der Waals surface area (Å²) in [6.45, 7) is 0. The van der Waals surface area contributed by atoms with Gasteiger partial charge in [0.25, 0.3) is 0 Å². The van der Waals surface area contributed by atoms with Gasteiger partial charge < -0.3 is 4.90 Å². The summed E-state index contributed by atoms with van der Waals surface area (Å²) in [7, 11) is 3.78. The van der Waals surface area contributed by atoms with E-state index in [0.717, 1.165) is 5.69 Å². The van der Waals surface area contributed by atoms with Crippen LogP contribution in [0.15, 0.2) is 51.6 Å². The predicted molar refractivity (Wildman–Crippen MR) is 72.7 cm³/mol. The molecule has 0 saturated carbocycles. The third kappa shape index (κ3) is 1.81. The summed E-state index contributed by atoms with van der Waals surface area (Å²) in [6.07, 6.45) is 0. The molecule has 0 atom stereocenters. The van der Waals surface area contributed by atoms with Gasteiger partial charge in [0.1, 0.15) is 0 Å². The Hall–Kier alpha value is -2.49. The molecule has 0 radical (unpaired) electrons. The molecule has 1 heterocycles. The van der Waals surface area contributed by atoms with Gasteiger partial charge in [-0.05, 0) is 12.1 Å². The third-order valence-corrected chi connectivity index (χ3v) is 3.06. The topological polar surface area (TPSA) is 46.6 Å². The van der Waals surface area contributed by atoms with Crippen LogP contribution in [0.4, 0.5) is 5.69 Å². The summed E-state index contributed by atoms with van der Waals surface area (Å²) in [5.74, 6) is -0.0653. The lowest BCUT2D eigenvalue weighted by molar-refractivity contribution is 0.0577. The van der Waals surface area contributed by atoms with Gasteiger partial charge in [0, 0.05) is 19.7 Å². The molecule has 0 aliphatic rings. The highest BCUT2D eigenvalue weighted by Gasteiger charge is 2.23. The van der Waals surface area contributed by atoms with Crippen molar-refractivity contribution in [3.8, 4) is 0 Å². The Bertz CT molecular complexity index is 722. The molecule has 4 heteroatoms. The molecule has 0 aliphatic carbocycles. The van der Waals surface area contributed by atoms with Crippen LogP contribution in [-0.2, 0) is 0 Å². The van der Waals surface area contributed by atoms with E-state index < -0.39 is 0 Å². The number of fused-ring (bicyclic) bond motifs is 1. The van der Waals surface area contributed by atoms with Gasteiger partial charge >= 0.3 is 0 Å². The second-order valence-corrected chi connectivity index (χ2v) is 4.54. The lowest BCUT2D eigenvalue weighted by Crippen LogP contribution is -2.15. The van der Waals surface area contributed by atoms with Crippen molar-refractivity contribution in [3.63, 3.8) is 0 Å². The summed E-state index contributed by atoms with van der Waals surface area (Å²) in [5, 5.41) is 0. The van der Waals surface area contributed by atoms with Crippen LogP contribution in [0.3, 0.4) is 0 Å². The fourth-order valence-electron chi connectivity index (χ4n) is 2.08. The first-order valence-electron chi connectivity index (χ1n) is 5.97. The number of carbonyl (C=O) groups is 1. The van der Waals surface area contributed by atoms with E-state index in [1.54, 1.807) is 18.2 Å². The highest BCUT2D eigenvalue weighted by atomic mass is 17.0. The van der Waals surface area contributed by atoms with E-state index in [-0.39, 0.29) is 5.78 Å². The molecule has 1 aromatic heterocycles. The number of ketones is 1. The molecule has 0 fully saturated rings. The van der Waals surface area contributed by atoms with Gasteiger partial charge in [0.15, 0.2) is 5.78 Å². The van der Waals surface area contributed by atoms with Gasteiger partial charge in [0.05, 0.1) is 11.3 Å². The second-order valence-electron chi connectivity index (χ2n) is 4.54. The van der Waals surface area contributed by atoms with Crippen molar-refractivity contribution in [2.24, 2.45) is 0 Å². The molecule has 0 saturated heterocycles. The molecule has 19 heavy (non-hydrogen) atoms. The largest absolute Gasteiger partial charge is 0.377 e. The first-order valence-corrected chi connectivity index (χ1v) is 5.97. The van der Waals surface area contributed by atoms with E-state index in [9.17, 15) is 4.79 Å². The minimum atomic E-state index is -0.0653. The van der Waals surface area contributed by atoms with Gasteiger partial charge in [-0.15, -0.1) is 0 Å². The number of nitrogens with zero attached hydrogens (tertiary/aromatic N) is 1.